The van der Waals surface area contributed by atoms with Gasteiger partial charge in [-0.25, -0.2) is 4.98 Å². The van der Waals surface area contributed by atoms with Gasteiger partial charge in [0.25, 0.3) is 0 Å². The molecule has 0 aromatic carbocycles. The zero-order chi connectivity index (χ0) is 15.1. The third-order valence-electron chi connectivity index (χ3n) is 4.68. The number of aromatic nitrogens is 1. The summed E-state index contributed by atoms with van der Waals surface area (Å²) in [6.45, 7) is 9.18. The molecule has 0 spiro atoms. The second kappa shape index (κ2) is 8.26. The molecule has 1 aromatic rings. The predicted molar refractivity (Wildman–Crippen MR) is 92.1 cm³/mol. The zero-order valence-electron chi connectivity index (χ0n) is 13.9. The average molecular weight is 289 g/mol. The highest BCUT2D eigenvalue weighted by molar-refractivity contribution is 5.49. The molecule has 0 aliphatic carbocycles. The molecule has 1 aromatic heterocycles. The van der Waals surface area contributed by atoms with E-state index in [0.717, 1.165) is 36.9 Å². The summed E-state index contributed by atoms with van der Waals surface area (Å²) in [6.07, 6.45) is 9.62. The fourth-order valence-corrected chi connectivity index (χ4v) is 3.00. The summed E-state index contributed by atoms with van der Waals surface area (Å²) in [7, 11) is 0. The molecule has 118 valence electrons. The van der Waals surface area contributed by atoms with E-state index in [1.165, 1.54) is 32.1 Å². The van der Waals surface area contributed by atoms with Crippen LogP contribution in [0.4, 0.5) is 11.5 Å². The van der Waals surface area contributed by atoms with Crippen LogP contribution in [0.15, 0.2) is 18.3 Å². The maximum atomic E-state index is 4.65. The zero-order valence-corrected chi connectivity index (χ0v) is 13.9. The Morgan fingerprint density at radius 3 is 2.48 bits per heavy atom. The van der Waals surface area contributed by atoms with Crippen molar-refractivity contribution in [3.05, 3.63) is 18.3 Å². The van der Waals surface area contributed by atoms with Gasteiger partial charge in [-0.2, -0.15) is 0 Å². The quantitative estimate of drug-likeness (QED) is 0.788. The first kappa shape index (κ1) is 16.1. The van der Waals surface area contributed by atoms with Gasteiger partial charge in [-0.05, 0) is 50.2 Å². The van der Waals surface area contributed by atoms with Gasteiger partial charge in [0.05, 0.1) is 11.9 Å². The Morgan fingerprint density at radius 2 is 1.90 bits per heavy atom. The smallest absolute Gasteiger partial charge is 0.128 e. The molecule has 2 unspecified atom stereocenters. The molecular formula is C18H31N3. The summed E-state index contributed by atoms with van der Waals surface area (Å²) in [5.74, 6) is 1.92. The van der Waals surface area contributed by atoms with E-state index < -0.39 is 0 Å². The average Bonchev–Trinajstić information content (AvgIpc) is 2.55. The first-order valence-corrected chi connectivity index (χ1v) is 8.70. The summed E-state index contributed by atoms with van der Waals surface area (Å²) in [4.78, 5) is 7.06. The normalized spacial score (nSPS) is 18.3. The second-order valence-corrected chi connectivity index (χ2v) is 6.45. The lowest BCUT2D eigenvalue weighted by Crippen LogP contribution is -2.30. The molecular weight excluding hydrogens is 258 g/mol. The van der Waals surface area contributed by atoms with Crippen molar-refractivity contribution in [1.29, 1.82) is 0 Å². The van der Waals surface area contributed by atoms with Crippen LogP contribution >= 0.6 is 0 Å². The Labute approximate surface area is 130 Å². The Bertz CT molecular complexity index is 395. The van der Waals surface area contributed by atoms with Gasteiger partial charge < -0.3 is 10.2 Å². The lowest BCUT2D eigenvalue weighted by Gasteiger charge is -2.28. The fourth-order valence-electron chi connectivity index (χ4n) is 3.00. The summed E-state index contributed by atoms with van der Waals surface area (Å²) in [6, 6.07) is 4.92. The molecule has 3 nitrogen and oxygen atoms in total. The number of nitrogens with one attached hydrogen (secondary N) is 1. The van der Waals surface area contributed by atoms with E-state index in [9.17, 15) is 0 Å². The van der Waals surface area contributed by atoms with Gasteiger partial charge in [0.2, 0.25) is 0 Å². The van der Waals surface area contributed by atoms with Crippen LogP contribution in [0, 0.1) is 5.92 Å². The lowest BCUT2D eigenvalue weighted by atomic mass is 9.97. The van der Waals surface area contributed by atoms with Crippen LogP contribution < -0.4 is 10.2 Å². The molecule has 1 aliphatic rings. The number of pyridine rings is 1. The van der Waals surface area contributed by atoms with Crippen molar-refractivity contribution in [2.75, 3.05) is 23.3 Å². The van der Waals surface area contributed by atoms with Gasteiger partial charge in [0.1, 0.15) is 5.82 Å². The number of hydrogen-bond donors (Lipinski definition) is 1. The first-order chi connectivity index (χ1) is 10.2. The van der Waals surface area contributed by atoms with E-state index in [0.29, 0.717) is 6.04 Å². The van der Waals surface area contributed by atoms with E-state index in [-0.39, 0.29) is 0 Å². The van der Waals surface area contributed by atoms with E-state index >= 15 is 0 Å². The van der Waals surface area contributed by atoms with Crippen LogP contribution in [0.2, 0.25) is 0 Å². The van der Waals surface area contributed by atoms with Crippen LogP contribution in [-0.4, -0.2) is 24.1 Å². The van der Waals surface area contributed by atoms with E-state index in [1.807, 2.05) is 6.20 Å². The van der Waals surface area contributed by atoms with Crippen LogP contribution in [-0.2, 0) is 0 Å². The van der Waals surface area contributed by atoms with Gasteiger partial charge in [-0.15, -0.1) is 0 Å². The molecule has 21 heavy (non-hydrogen) atoms. The number of piperidine rings is 1. The Kier molecular flexibility index (Phi) is 6.34. The molecule has 2 atom stereocenters. The van der Waals surface area contributed by atoms with Crippen molar-refractivity contribution < 1.29 is 0 Å². The predicted octanol–water partition coefficient (Wildman–Crippen LogP) is 4.70. The number of rotatable bonds is 7. The molecule has 1 saturated heterocycles. The third kappa shape index (κ3) is 4.90. The Hall–Kier alpha value is -1.25. The summed E-state index contributed by atoms with van der Waals surface area (Å²) in [5.41, 5.74) is 1.16. The van der Waals surface area contributed by atoms with Crippen molar-refractivity contribution in [1.82, 2.24) is 4.98 Å². The lowest BCUT2D eigenvalue weighted by molar-refractivity contribution is 0.461. The third-order valence-corrected chi connectivity index (χ3v) is 4.68. The maximum absolute atomic E-state index is 4.65. The van der Waals surface area contributed by atoms with Gasteiger partial charge in [-0.3, -0.25) is 0 Å². The molecule has 1 fully saturated rings. The molecule has 2 heterocycles. The minimum absolute atomic E-state index is 0.558. The molecule has 3 heteroatoms. The van der Waals surface area contributed by atoms with Gasteiger partial charge >= 0.3 is 0 Å². The number of hydrogen-bond acceptors (Lipinski definition) is 3. The van der Waals surface area contributed by atoms with E-state index in [4.69, 9.17) is 0 Å². The van der Waals surface area contributed by atoms with Crippen LogP contribution in [0.1, 0.15) is 59.3 Å². The van der Waals surface area contributed by atoms with E-state index in [2.05, 4.69) is 48.1 Å². The SMILES string of the molecule is CCC(C)CC(CC)Nc1ccc(N2CCCCC2)nc1. The Morgan fingerprint density at radius 1 is 1.14 bits per heavy atom. The van der Waals surface area contributed by atoms with Gasteiger partial charge in [0, 0.05) is 19.1 Å². The Balaban J connectivity index is 1.91. The summed E-state index contributed by atoms with van der Waals surface area (Å²) >= 11 is 0. The molecule has 1 aliphatic heterocycles. The second-order valence-electron chi connectivity index (χ2n) is 6.45. The monoisotopic (exact) mass is 289 g/mol. The van der Waals surface area contributed by atoms with Gasteiger partial charge in [0.15, 0.2) is 0 Å². The minimum atomic E-state index is 0.558. The molecule has 0 amide bonds. The number of nitrogens with zero attached hydrogens (tertiary/aromatic N) is 2. The maximum Gasteiger partial charge on any atom is 0.128 e. The summed E-state index contributed by atoms with van der Waals surface area (Å²) in [5, 5.41) is 3.64. The highest BCUT2D eigenvalue weighted by atomic mass is 15.2. The largest absolute Gasteiger partial charge is 0.381 e. The van der Waals surface area contributed by atoms with Crippen molar-refractivity contribution in [3.8, 4) is 0 Å². The van der Waals surface area contributed by atoms with Crippen LogP contribution in [0.5, 0.6) is 0 Å². The van der Waals surface area contributed by atoms with Crippen LogP contribution in [0.3, 0.4) is 0 Å². The van der Waals surface area contributed by atoms with Crippen molar-refractivity contribution in [2.24, 2.45) is 5.92 Å². The fraction of sp³-hybridized carbons (Fsp3) is 0.722. The minimum Gasteiger partial charge on any atom is -0.381 e. The molecule has 0 saturated carbocycles. The molecule has 0 radical (unpaired) electrons. The van der Waals surface area contributed by atoms with Crippen molar-refractivity contribution in [2.45, 2.75) is 65.3 Å². The standard InChI is InChI=1S/C18H31N3/c1-4-15(3)13-16(5-2)20-17-9-10-18(19-14-17)21-11-7-6-8-12-21/h9-10,14-16,20H,4-8,11-13H2,1-3H3. The molecule has 0 bridgehead atoms. The molecule has 2 rings (SSSR count). The van der Waals surface area contributed by atoms with Crippen molar-refractivity contribution in [3.63, 3.8) is 0 Å². The highest BCUT2D eigenvalue weighted by Gasteiger charge is 2.13. The van der Waals surface area contributed by atoms with Crippen LogP contribution in [0.25, 0.3) is 0 Å². The van der Waals surface area contributed by atoms with Gasteiger partial charge in [-0.1, -0.05) is 27.2 Å². The first-order valence-electron chi connectivity index (χ1n) is 8.70. The summed E-state index contributed by atoms with van der Waals surface area (Å²) < 4.78 is 0. The molecule has 1 N–H and O–H groups in total. The highest BCUT2D eigenvalue weighted by Crippen LogP contribution is 2.21. The topological polar surface area (TPSA) is 28.2 Å². The van der Waals surface area contributed by atoms with Crippen molar-refractivity contribution >= 4 is 11.5 Å². The number of anilines is 2. The van der Waals surface area contributed by atoms with E-state index in [1.54, 1.807) is 0 Å².